The van der Waals surface area contributed by atoms with Gasteiger partial charge in [0.05, 0.1) is 13.2 Å². The Hall–Kier alpha value is -1.39. The number of amides is 1. The predicted octanol–water partition coefficient (Wildman–Crippen LogP) is 1.57. The zero-order valence-electron chi connectivity index (χ0n) is 10.7. The Kier molecular flexibility index (Phi) is 4.33. The molecular formula is C14H20N2O2. The maximum Gasteiger partial charge on any atom is 0.251 e. The van der Waals surface area contributed by atoms with Crippen LogP contribution in [0.25, 0.3) is 0 Å². The third kappa shape index (κ3) is 3.09. The smallest absolute Gasteiger partial charge is 0.251 e. The molecule has 0 spiro atoms. The number of ether oxygens (including phenoxy) is 1. The largest absolute Gasteiger partial charge is 0.372 e. The van der Waals surface area contributed by atoms with Gasteiger partial charge < -0.3 is 15.8 Å². The van der Waals surface area contributed by atoms with Gasteiger partial charge in [-0.05, 0) is 29.7 Å². The van der Waals surface area contributed by atoms with Crippen LogP contribution in [-0.2, 0) is 18.0 Å². The zero-order valence-corrected chi connectivity index (χ0v) is 10.7. The monoisotopic (exact) mass is 248 g/mol. The third-order valence-electron chi connectivity index (χ3n) is 3.17. The Morgan fingerprint density at radius 3 is 3.00 bits per heavy atom. The molecule has 0 saturated heterocycles. The lowest BCUT2D eigenvalue weighted by Crippen LogP contribution is -2.37. The summed E-state index contributed by atoms with van der Waals surface area (Å²) in [5.41, 5.74) is 8.84. The lowest BCUT2D eigenvalue weighted by Gasteiger charge is -2.12. The fourth-order valence-corrected chi connectivity index (χ4v) is 2.11. The van der Waals surface area contributed by atoms with E-state index in [2.05, 4.69) is 12.2 Å². The normalized spacial score (nSPS) is 15.2. The first-order valence-electron chi connectivity index (χ1n) is 6.44. The van der Waals surface area contributed by atoms with Crippen LogP contribution in [0.4, 0.5) is 0 Å². The van der Waals surface area contributed by atoms with Crippen molar-refractivity contribution in [2.24, 2.45) is 5.73 Å². The molecule has 1 aromatic carbocycles. The lowest BCUT2D eigenvalue weighted by atomic mass is 10.1. The van der Waals surface area contributed by atoms with Gasteiger partial charge in [-0.1, -0.05) is 19.4 Å². The van der Waals surface area contributed by atoms with Gasteiger partial charge in [0.15, 0.2) is 0 Å². The van der Waals surface area contributed by atoms with Crippen LogP contribution >= 0.6 is 0 Å². The molecule has 0 saturated carbocycles. The summed E-state index contributed by atoms with van der Waals surface area (Å²) >= 11 is 0. The van der Waals surface area contributed by atoms with Crippen molar-refractivity contribution >= 4 is 5.91 Å². The van der Waals surface area contributed by atoms with Crippen LogP contribution in [0.2, 0.25) is 0 Å². The molecular weight excluding hydrogens is 228 g/mol. The number of benzene rings is 1. The van der Waals surface area contributed by atoms with E-state index in [4.69, 9.17) is 10.5 Å². The minimum atomic E-state index is -0.0590. The van der Waals surface area contributed by atoms with Gasteiger partial charge in [-0.15, -0.1) is 0 Å². The zero-order chi connectivity index (χ0) is 13.0. The maximum absolute atomic E-state index is 11.9. The number of carbonyl (C=O) groups is 1. The van der Waals surface area contributed by atoms with Gasteiger partial charge in [0.2, 0.25) is 0 Å². The van der Waals surface area contributed by atoms with E-state index in [0.717, 1.165) is 18.4 Å². The molecule has 1 unspecified atom stereocenters. The molecule has 0 radical (unpaired) electrons. The average molecular weight is 248 g/mol. The first kappa shape index (κ1) is 13.1. The van der Waals surface area contributed by atoms with E-state index in [1.807, 2.05) is 18.2 Å². The van der Waals surface area contributed by atoms with Gasteiger partial charge in [0.25, 0.3) is 5.91 Å². The molecule has 1 aliphatic rings. The van der Waals surface area contributed by atoms with Crippen LogP contribution in [0.1, 0.15) is 41.3 Å². The quantitative estimate of drug-likeness (QED) is 0.831. The van der Waals surface area contributed by atoms with Gasteiger partial charge in [0.1, 0.15) is 0 Å². The highest BCUT2D eigenvalue weighted by molar-refractivity contribution is 5.94. The second-order valence-corrected chi connectivity index (χ2v) is 4.74. The Morgan fingerprint density at radius 1 is 1.44 bits per heavy atom. The van der Waals surface area contributed by atoms with Crippen LogP contribution in [0.3, 0.4) is 0 Å². The molecule has 2 rings (SSSR count). The third-order valence-corrected chi connectivity index (χ3v) is 3.17. The van der Waals surface area contributed by atoms with Crippen molar-refractivity contribution in [3.05, 3.63) is 34.9 Å². The number of hydrogen-bond acceptors (Lipinski definition) is 3. The molecule has 98 valence electrons. The Bertz CT molecular complexity index is 432. The van der Waals surface area contributed by atoms with E-state index in [1.54, 1.807) is 0 Å². The van der Waals surface area contributed by atoms with Crippen molar-refractivity contribution in [2.45, 2.75) is 39.0 Å². The number of nitrogens with two attached hydrogens (primary N) is 1. The van der Waals surface area contributed by atoms with Crippen LogP contribution in [-0.4, -0.2) is 18.5 Å². The molecule has 1 heterocycles. The first-order chi connectivity index (χ1) is 8.70. The molecule has 4 nitrogen and oxygen atoms in total. The molecule has 1 amide bonds. The Balaban J connectivity index is 1.93. The molecule has 4 heteroatoms. The highest BCUT2D eigenvalue weighted by atomic mass is 16.5. The van der Waals surface area contributed by atoms with Gasteiger partial charge in [-0.3, -0.25) is 4.79 Å². The minimum absolute atomic E-state index is 0.0386. The fourth-order valence-electron chi connectivity index (χ4n) is 2.11. The van der Waals surface area contributed by atoms with Crippen molar-refractivity contribution < 1.29 is 9.53 Å². The Morgan fingerprint density at radius 2 is 2.22 bits per heavy atom. The standard InChI is InChI=1S/C14H20N2O2/c1-2-3-13(15)7-16-14(17)10-4-5-11-8-18-9-12(11)6-10/h4-6,13H,2-3,7-9,15H2,1H3,(H,16,17). The molecule has 1 aliphatic heterocycles. The molecule has 1 atom stereocenters. The van der Waals surface area contributed by atoms with Crippen molar-refractivity contribution in [3.8, 4) is 0 Å². The van der Waals surface area contributed by atoms with Gasteiger partial charge in [-0.25, -0.2) is 0 Å². The van der Waals surface area contributed by atoms with E-state index in [-0.39, 0.29) is 11.9 Å². The highest BCUT2D eigenvalue weighted by Crippen LogP contribution is 2.20. The van der Waals surface area contributed by atoms with E-state index in [9.17, 15) is 4.79 Å². The van der Waals surface area contributed by atoms with Crippen molar-refractivity contribution in [3.63, 3.8) is 0 Å². The van der Waals surface area contributed by atoms with Crippen molar-refractivity contribution in [2.75, 3.05) is 6.54 Å². The summed E-state index contributed by atoms with van der Waals surface area (Å²) in [6.07, 6.45) is 1.96. The number of rotatable bonds is 5. The van der Waals surface area contributed by atoms with Gasteiger partial charge in [-0.2, -0.15) is 0 Å². The van der Waals surface area contributed by atoms with E-state index in [1.165, 1.54) is 5.56 Å². The van der Waals surface area contributed by atoms with Gasteiger partial charge >= 0.3 is 0 Å². The van der Waals surface area contributed by atoms with Crippen LogP contribution in [0.15, 0.2) is 18.2 Å². The van der Waals surface area contributed by atoms with Crippen LogP contribution < -0.4 is 11.1 Å². The second kappa shape index (κ2) is 5.98. The molecule has 3 N–H and O–H groups in total. The van der Waals surface area contributed by atoms with Crippen LogP contribution in [0, 0.1) is 0 Å². The molecule has 0 bridgehead atoms. The fraction of sp³-hybridized carbons (Fsp3) is 0.500. The summed E-state index contributed by atoms with van der Waals surface area (Å²) in [5, 5.41) is 2.87. The maximum atomic E-state index is 11.9. The minimum Gasteiger partial charge on any atom is -0.372 e. The SMILES string of the molecule is CCCC(N)CNC(=O)c1ccc2c(c1)COC2. The number of fused-ring (bicyclic) bond motifs is 1. The second-order valence-electron chi connectivity index (χ2n) is 4.74. The Labute approximate surface area is 108 Å². The summed E-state index contributed by atoms with van der Waals surface area (Å²) < 4.78 is 5.33. The highest BCUT2D eigenvalue weighted by Gasteiger charge is 2.14. The molecule has 1 aromatic rings. The topological polar surface area (TPSA) is 64.3 Å². The van der Waals surface area contributed by atoms with Crippen LogP contribution in [0.5, 0.6) is 0 Å². The van der Waals surface area contributed by atoms with Crippen molar-refractivity contribution in [1.29, 1.82) is 0 Å². The number of carbonyl (C=O) groups excluding carboxylic acids is 1. The lowest BCUT2D eigenvalue weighted by molar-refractivity contribution is 0.0950. The summed E-state index contributed by atoms with van der Waals surface area (Å²) in [5.74, 6) is -0.0590. The van der Waals surface area contributed by atoms with E-state index < -0.39 is 0 Å². The van der Waals surface area contributed by atoms with E-state index in [0.29, 0.717) is 25.3 Å². The predicted molar refractivity (Wildman–Crippen MR) is 70.2 cm³/mol. The van der Waals surface area contributed by atoms with Crippen molar-refractivity contribution in [1.82, 2.24) is 5.32 Å². The summed E-state index contributed by atoms with van der Waals surface area (Å²) in [4.78, 5) is 11.9. The average Bonchev–Trinajstić information content (AvgIpc) is 2.83. The molecule has 0 aromatic heterocycles. The first-order valence-corrected chi connectivity index (χ1v) is 6.44. The van der Waals surface area contributed by atoms with Gasteiger partial charge in [0, 0.05) is 18.2 Å². The molecule has 0 fully saturated rings. The number of hydrogen-bond donors (Lipinski definition) is 2. The number of nitrogens with one attached hydrogen (secondary N) is 1. The summed E-state index contributed by atoms with van der Waals surface area (Å²) in [6, 6.07) is 5.75. The summed E-state index contributed by atoms with van der Waals surface area (Å²) in [7, 11) is 0. The molecule has 18 heavy (non-hydrogen) atoms. The summed E-state index contributed by atoms with van der Waals surface area (Å²) in [6.45, 7) is 3.87. The molecule has 0 aliphatic carbocycles. The van der Waals surface area contributed by atoms with E-state index >= 15 is 0 Å².